The van der Waals surface area contributed by atoms with E-state index in [4.69, 9.17) is 0 Å². The largest absolute Gasteiger partial charge is 0.389 e. The van der Waals surface area contributed by atoms with E-state index in [9.17, 15) is 9.90 Å². The minimum Gasteiger partial charge on any atom is -0.389 e. The van der Waals surface area contributed by atoms with Crippen molar-refractivity contribution in [3.8, 4) is 0 Å². The summed E-state index contributed by atoms with van der Waals surface area (Å²) in [5, 5.41) is 10.7. The van der Waals surface area contributed by atoms with E-state index in [1.165, 1.54) is 0 Å². The van der Waals surface area contributed by atoms with E-state index >= 15 is 0 Å². The molecule has 4 nitrogen and oxygen atoms in total. The van der Waals surface area contributed by atoms with E-state index in [1.54, 1.807) is 0 Å². The van der Waals surface area contributed by atoms with E-state index in [2.05, 4.69) is 11.8 Å². The zero-order valence-electron chi connectivity index (χ0n) is 14.2. The molecule has 122 valence electrons. The topological polar surface area (TPSA) is 43.8 Å². The van der Waals surface area contributed by atoms with Crippen molar-refractivity contribution < 1.29 is 9.90 Å². The first-order valence-electron chi connectivity index (χ1n) is 8.44. The summed E-state index contributed by atoms with van der Waals surface area (Å²) in [7, 11) is 0. The Balaban J connectivity index is 1.80. The van der Waals surface area contributed by atoms with Gasteiger partial charge < -0.3 is 10.0 Å². The molecule has 1 aliphatic carbocycles. The highest BCUT2D eigenvalue weighted by Crippen LogP contribution is 2.32. The SMILES string of the molecule is CC1CCC(O)(CN2CCN(C(=O)C(C)(C)C)CC2)CC1. The van der Waals surface area contributed by atoms with Crippen LogP contribution in [0, 0.1) is 11.3 Å². The fourth-order valence-corrected chi connectivity index (χ4v) is 3.46. The van der Waals surface area contributed by atoms with Crippen molar-refractivity contribution in [1.29, 1.82) is 0 Å². The molecule has 1 aliphatic heterocycles. The summed E-state index contributed by atoms with van der Waals surface area (Å²) >= 11 is 0. The quantitative estimate of drug-likeness (QED) is 0.849. The first-order chi connectivity index (χ1) is 9.70. The van der Waals surface area contributed by atoms with Crippen LogP contribution in [0.5, 0.6) is 0 Å². The molecule has 0 aromatic rings. The number of nitrogens with zero attached hydrogens (tertiary/aromatic N) is 2. The number of hydrogen-bond donors (Lipinski definition) is 1. The highest BCUT2D eigenvalue weighted by molar-refractivity contribution is 5.81. The third-order valence-electron chi connectivity index (χ3n) is 5.02. The van der Waals surface area contributed by atoms with Crippen molar-refractivity contribution in [3.05, 3.63) is 0 Å². The molecule has 21 heavy (non-hydrogen) atoms. The van der Waals surface area contributed by atoms with Gasteiger partial charge in [0, 0.05) is 38.1 Å². The van der Waals surface area contributed by atoms with Gasteiger partial charge in [0.05, 0.1) is 5.60 Å². The summed E-state index contributed by atoms with van der Waals surface area (Å²) in [6.45, 7) is 12.4. The minimum atomic E-state index is -0.497. The molecule has 2 rings (SSSR count). The smallest absolute Gasteiger partial charge is 0.228 e. The molecule has 2 fully saturated rings. The first kappa shape index (κ1) is 16.8. The number of carbonyl (C=O) groups excluding carboxylic acids is 1. The van der Waals surface area contributed by atoms with Gasteiger partial charge in [-0.1, -0.05) is 27.7 Å². The summed E-state index contributed by atoms with van der Waals surface area (Å²) < 4.78 is 0. The highest BCUT2D eigenvalue weighted by Gasteiger charge is 2.35. The van der Waals surface area contributed by atoms with Gasteiger partial charge in [-0.3, -0.25) is 9.69 Å². The maximum absolute atomic E-state index is 12.3. The summed E-state index contributed by atoms with van der Waals surface area (Å²) in [5.41, 5.74) is -0.789. The average Bonchev–Trinajstić information content (AvgIpc) is 2.41. The van der Waals surface area contributed by atoms with Crippen molar-refractivity contribution in [2.24, 2.45) is 11.3 Å². The Kier molecular flexibility index (Phi) is 4.99. The van der Waals surface area contributed by atoms with Gasteiger partial charge in [-0.05, 0) is 31.6 Å². The molecule has 0 bridgehead atoms. The summed E-state index contributed by atoms with van der Waals surface area (Å²) in [5.74, 6) is 0.999. The normalized spacial score (nSPS) is 32.2. The zero-order chi connectivity index (χ0) is 15.7. The lowest BCUT2D eigenvalue weighted by Crippen LogP contribution is -2.55. The molecule has 0 atom stereocenters. The van der Waals surface area contributed by atoms with Crippen molar-refractivity contribution >= 4 is 5.91 Å². The Bertz CT molecular complexity index is 359. The Morgan fingerprint density at radius 3 is 2.14 bits per heavy atom. The van der Waals surface area contributed by atoms with Gasteiger partial charge in [-0.2, -0.15) is 0 Å². The molecule has 1 heterocycles. The molecule has 0 unspecified atom stereocenters. The van der Waals surface area contributed by atoms with Gasteiger partial charge in [0.1, 0.15) is 0 Å². The number of amides is 1. The fraction of sp³-hybridized carbons (Fsp3) is 0.941. The van der Waals surface area contributed by atoms with Gasteiger partial charge >= 0.3 is 0 Å². The number of aliphatic hydroxyl groups is 1. The summed E-state index contributed by atoms with van der Waals surface area (Å²) in [6.07, 6.45) is 4.13. The monoisotopic (exact) mass is 296 g/mol. The fourth-order valence-electron chi connectivity index (χ4n) is 3.46. The minimum absolute atomic E-state index is 0.243. The molecule has 4 heteroatoms. The number of piperazine rings is 1. The third-order valence-corrected chi connectivity index (χ3v) is 5.02. The van der Waals surface area contributed by atoms with Crippen molar-refractivity contribution in [3.63, 3.8) is 0 Å². The maximum atomic E-state index is 12.3. The predicted octanol–water partition coefficient (Wildman–Crippen LogP) is 2.12. The van der Waals surface area contributed by atoms with Gasteiger partial charge in [0.15, 0.2) is 0 Å². The van der Waals surface area contributed by atoms with Crippen LogP contribution in [0.3, 0.4) is 0 Å². The predicted molar refractivity (Wildman–Crippen MR) is 85.1 cm³/mol. The van der Waals surface area contributed by atoms with Gasteiger partial charge in [-0.25, -0.2) is 0 Å². The van der Waals surface area contributed by atoms with Crippen LogP contribution < -0.4 is 0 Å². The van der Waals surface area contributed by atoms with Crippen LogP contribution in [0.2, 0.25) is 0 Å². The summed E-state index contributed by atoms with van der Waals surface area (Å²) in [6, 6.07) is 0. The second-order valence-corrected chi connectivity index (χ2v) is 8.23. The number of hydrogen-bond acceptors (Lipinski definition) is 3. The van der Waals surface area contributed by atoms with E-state index in [-0.39, 0.29) is 11.3 Å². The molecule has 0 aromatic carbocycles. The molecule has 2 aliphatic rings. The number of β-amino-alcohol motifs (C(OH)–C–C–N with tert-alkyl or cyclic N) is 1. The Morgan fingerprint density at radius 2 is 1.67 bits per heavy atom. The Morgan fingerprint density at radius 1 is 1.14 bits per heavy atom. The lowest BCUT2D eigenvalue weighted by Gasteiger charge is -2.43. The van der Waals surface area contributed by atoms with E-state index in [0.29, 0.717) is 0 Å². The average molecular weight is 296 g/mol. The number of rotatable bonds is 2. The van der Waals surface area contributed by atoms with Crippen LogP contribution in [0.1, 0.15) is 53.4 Å². The maximum Gasteiger partial charge on any atom is 0.228 e. The van der Waals surface area contributed by atoms with Gasteiger partial charge in [0.2, 0.25) is 5.91 Å². The Hall–Kier alpha value is -0.610. The second-order valence-electron chi connectivity index (χ2n) is 8.23. The molecule has 1 amide bonds. The van der Waals surface area contributed by atoms with Crippen LogP contribution in [-0.2, 0) is 4.79 Å². The standard InChI is InChI=1S/C17H32N2O2/c1-14-5-7-17(21,8-6-14)13-18-9-11-19(12-10-18)15(20)16(2,3)4/h14,21H,5-13H2,1-4H3. The van der Waals surface area contributed by atoms with Crippen LogP contribution in [0.25, 0.3) is 0 Å². The van der Waals surface area contributed by atoms with Crippen molar-refractivity contribution in [2.45, 2.75) is 59.0 Å². The third kappa shape index (κ3) is 4.43. The second kappa shape index (κ2) is 6.25. The van der Waals surface area contributed by atoms with E-state index in [1.807, 2.05) is 25.7 Å². The zero-order valence-corrected chi connectivity index (χ0v) is 14.2. The lowest BCUT2D eigenvalue weighted by molar-refractivity contribution is -0.141. The molecular formula is C17H32N2O2. The molecule has 0 spiro atoms. The lowest BCUT2D eigenvalue weighted by atomic mass is 9.79. The molecule has 1 saturated heterocycles. The highest BCUT2D eigenvalue weighted by atomic mass is 16.3. The number of carbonyl (C=O) groups is 1. The van der Waals surface area contributed by atoms with Crippen molar-refractivity contribution in [2.75, 3.05) is 32.7 Å². The molecular weight excluding hydrogens is 264 g/mol. The van der Waals surface area contributed by atoms with Crippen LogP contribution in [-0.4, -0.2) is 59.1 Å². The van der Waals surface area contributed by atoms with E-state index < -0.39 is 5.60 Å². The van der Waals surface area contributed by atoms with Crippen molar-refractivity contribution in [1.82, 2.24) is 9.80 Å². The molecule has 1 saturated carbocycles. The van der Waals surface area contributed by atoms with Crippen LogP contribution in [0.4, 0.5) is 0 Å². The Labute approximate surface area is 129 Å². The van der Waals surface area contributed by atoms with E-state index in [0.717, 1.165) is 64.3 Å². The van der Waals surface area contributed by atoms with Crippen LogP contribution >= 0.6 is 0 Å². The van der Waals surface area contributed by atoms with Gasteiger partial charge in [0.25, 0.3) is 0 Å². The molecule has 0 aromatic heterocycles. The van der Waals surface area contributed by atoms with Gasteiger partial charge in [-0.15, -0.1) is 0 Å². The molecule has 0 radical (unpaired) electrons. The van der Waals surface area contributed by atoms with Crippen LogP contribution in [0.15, 0.2) is 0 Å². The summed E-state index contributed by atoms with van der Waals surface area (Å²) in [4.78, 5) is 16.6. The first-order valence-corrected chi connectivity index (χ1v) is 8.44. The molecule has 1 N–H and O–H groups in total.